The number of nitrogens with one attached hydrogen (secondary N) is 1. The maximum atomic E-state index is 10.2. The molecule has 0 fully saturated rings. The number of hydrogen-bond acceptors (Lipinski definition) is 4. The molecule has 0 amide bonds. The highest BCUT2D eigenvalue weighted by Gasteiger charge is 2.10. The highest BCUT2D eigenvalue weighted by molar-refractivity contribution is 6.04. The first-order valence-electron chi connectivity index (χ1n) is 7.53. The molecular weight excluding hydrogens is 302 g/mol. The van der Waals surface area contributed by atoms with Crippen molar-refractivity contribution < 1.29 is 9.84 Å². The number of aromatic nitrogens is 2. The van der Waals surface area contributed by atoms with Gasteiger partial charge in [0.1, 0.15) is 5.75 Å². The molecule has 0 aliphatic carbocycles. The van der Waals surface area contributed by atoms with E-state index in [0.717, 1.165) is 33.2 Å². The number of nitrogens with zero attached hydrogens (tertiary/aromatic N) is 2. The van der Waals surface area contributed by atoms with Gasteiger partial charge in [-0.2, -0.15) is 0 Å². The van der Waals surface area contributed by atoms with Gasteiger partial charge in [0, 0.05) is 28.7 Å². The van der Waals surface area contributed by atoms with Crippen LogP contribution >= 0.6 is 0 Å². The van der Waals surface area contributed by atoms with Gasteiger partial charge < -0.3 is 14.8 Å². The van der Waals surface area contributed by atoms with Gasteiger partial charge in [0.05, 0.1) is 23.9 Å². The third kappa shape index (κ3) is 2.36. The minimum Gasteiger partial charge on any atom is -0.497 e. The second-order valence-electron chi connectivity index (χ2n) is 5.41. The first-order valence-corrected chi connectivity index (χ1v) is 7.53. The van der Waals surface area contributed by atoms with Crippen LogP contribution in [0, 0.1) is 0 Å². The van der Waals surface area contributed by atoms with Crippen LogP contribution in [0.15, 0.2) is 59.7 Å². The fraction of sp³-hybridized carbons (Fsp3) is 0.0526. The quantitative estimate of drug-likeness (QED) is 0.557. The van der Waals surface area contributed by atoms with Crippen LogP contribution in [0.3, 0.4) is 0 Å². The Morgan fingerprint density at radius 3 is 2.92 bits per heavy atom. The van der Waals surface area contributed by atoms with Gasteiger partial charge in [-0.3, -0.25) is 9.98 Å². The predicted octanol–water partition coefficient (Wildman–Crippen LogP) is 4.18. The molecule has 0 bridgehead atoms. The van der Waals surface area contributed by atoms with E-state index in [1.807, 2.05) is 48.5 Å². The largest absolute Gasteiger partial charge is 0.497 e. The van der Waals surface area contributed by atoms with E-state index in [1.54, 1.807) is 19.5 Å². The Balaban J connectivity index is 1.83. The average Bonchev–Trinajstić information content (AvgIpc) is 2.94. The topological polar surface area (TPSA) is 70.5 Å². The number of aromatic amines is 1. The Hall–Kier alpha value is -3.34. The zero-order valence-corrected chi connectivity index (χ0v) is 13.0. The molecule has 5 nitrogen and oxygen atoms in total. The SMILES string of the molecule is COc1ccc2[nH]c(O)c(C=Nc3cccc4cccnc34)c2c1. The standard InChI is InChI=1S/C19H15N3O2/c1-24-13-7-8-16-14(10-13)15(19(23)22-16)11-21-17-6-2-4-12-5-3-9-20-18(12)17/h2-11,22-23H,1H3. The molecule has 4 rings (SSSR count). The Kier molecular flexibility index (Phi) is 3.39. The second kappa shape index (κ2) is 5.70. The van der Waals surface area contributed by atoms with Crippen molar-refractivity contribution in [1.29, 1.82) is 0 Å². The van der Waals surface area contributed by atoms with Gasteiger partial charge in [-0.05, 0) is 30.3 Å². The van der Waals surface area contributed by atoms with Crippen molar-refractivity contribution in [3.8, 4) is 11.6 Å². The van der Waals surface area contributed by atoms with Crippen molar-refractivity contribution in [3.05, 3.63) is 60.3 Å². The number of benzene rings is 2. The van der Waals surface area contributed by atoms with Crippen LogP contribution in [0.25, 0.3) is 21.8 Å². The molecule has 2 aromatic heterocycles. The summed E-state index contributed by atoms with van der Waals surface area (Å²) in [5.41, 5.74) is 3.03. The minimum atomic E-state index is 0.0789. The third-order valence-corrected chi connectivity index (χ3v) is 3.97. The summed E-state index contributed by atoms with van der Waals surface area (Å²) < 4.78 is 5.26. The zero-order valence-electron chi connectivity index (χ0n) is 13.0. The molecule has 2 N–H and O–H groups in total. The minimum absolute atomic E-state index is 0.0789. The Morgan fingerprint density at radius 1 is 1.17 bits per heavy atom. The normalized spacial score (nSPS) is 11.5. The van der Waals surface area contributed by atoms with Gasteiger partial charge in [-0.1, -0.05) is 18.2 Å². The maximum absolute atomic E-state index is 10.2. The molecule has 0 saturated carbocycles. The van der Waals surface area contributed by atoms with Crippen molar-refractivity contribution in [2.45, 2.75) is 0 Å². The summed E-state index contributed by atoms with van der Waals surface area (Å²) in [5, 5.41) is 12.1. The number of hydrogen-bond donors (Lipinski definition) is 2. The first-order chi connectivity index (χ1) is 11.8. The highest BCUT2D eigenvalue weighted by atomic mass is 16.5. The second-order valence-corrected chi connectivity index (χ2v) is 5.41. The number of aliphatic imine (C=N–C) groups is 1. The molecule has 2 heterocycles. The molecule has 0 unspecified atom stereocenters. The van der Waals surface area contributed by atoms with Crippen LogP contribution in [0.2, 0.25) is 0 Å². The fourth-order valence-corrected chi connectivity index (χ4v) is 2.76. The van der Waals surface area contributed by atoms with Crippen molar-refractivity contribution in [1.82, 2.24) is 9.97 Å². The summed E-state index contributed by atoms with van der Waals surface area (Å²) in [6.45, 7) is 0. The monoisotopic (exact) mass is 317 g/mol. The van der Waals surface area contributed by atoms with Gasteiger partial charge in [0.25, 0.3) is 0 Å². The zero-order chi connectivity index (χ0) is 16.5. The van der Waals surface area contributed by atoms with Crippen LogP contribution in [0.4, 0.5) is 5.69 Å². The molecule has 0 spiro atoms. The summed E-state index contributed by atoms with van der Waals surface area (Å²) in [6.07, 6.45) is 3.40. The molecule has 118 valence electrons. The average molecular weight is 317 g/mol. The molecule has 0 radical (unpaired) electrons. The maximum Gasteiger partial charge on any atom is 0.198 e. The summed E-state index contributed by atoms with van der Waals surface area (Å²) in [7, 11) is 1.61. The number of aromatic hydroxyl groups is 1. The summed E-state index contributed by atoms with van der Waals surface area (Å²) >= 11 is 0. The molecule has 5 heteroatoms. The van der Waals surface area contributed by atoms with Crippen LogP contribution in [0.1, 0.15) is 5.56 Å². The van der Waals surface area contributed by atoms with Crippen molar-refractivity contribution in [2.24, 2.45) is 4.99 Å². The lowest BCUT2D eigenvalue weighted by Crippen LogP contribution is -1.84. The van der Waals surface area contributed by atoms with Crippen LogP contribution in [-0.4, -0.2) is 28.4 Å². The highest BCUT2D eigenvalue weighted by Crippen LogP contribution is 2.30. The van der Waals surface area contributed by atoms with E-state index in [1.165, 1.54) is 0 Å². The Morgan fingerprint density at radius 2 is 2.04 bits per heavy atom. The van der Waals surface area contributed by atoms with Gasteiger partial charge in [0.2, 0.25) is 0 Å². The molecule has 0 aliphatic rings. The molecule has 24 heavy (non-hydrogen) atoms. The molecule has 4 aromatic rings. The van der Waals surface area contributed by atoms with E-state index in [2.05, 4.69) is 15.0 Å². The number of H-pyrrole nitrogens is 1. The molecule has 0 saturated heterocycles. The number of para-hydroxylation sites is 1. The van der Waals surface area contributed by atoms with Gasteiger partial charge in [-0.25, -0.2) is 0 Å². The third-order valence-electron chi connectivity index (χ3n) is 3.97. The van der Waals surface area contributed by atoms with E-state index >= 15 is 0 Å². The van der Waals surface area contributed by atoms with E-state index in [4.69, 9.17) is 4.74 Å². The number of ether oxygens (including phenoxy) is 1. The lowest BCUT2D eigenvalue weighted by molar-refractivity contribution is 0.415. The van der Waals surface area contributed by atoms with Crippen molar-refractivity contribution in [2.75, 3.05) is 7.11 Å². The van der Waals surface area contributed by atoms with Crippen molar-refractivity contribution in [3.63, 3.8) is 0 Å². The Bertz CT molecular complexity index is 1060. The smallest absolute Gasteiger partial charge is 0.198 e. The molecule has 2 aromatic carbocycles. The summed E-state index contributed by atoms with van der Waals surface area (Å²) in [5.74, 6) is 0.804. The van der Waals surface area contributed by atoms with Crippen LogP contribution in [-0.2, 0) is 0 Å². The van der Waals surface area contributed by atoms with Gasteiger partial charge in [-0.15, -0.1) is 0 Å². The van der Waals surface area contributed by atoms with E-state index < -0.39 is 0 Å². The van der Waals surface area contributed by atoms with Gasteiger partial charge >= 0.3 is 0 Å². The lowest BCUT2D eigenvalue weighted by Gasteiger charge is -2.01. The molecular formula is C19H15N3O2. The molecule has 0 atom stereocenters. The van der Waals surface area contributed by atoms with E-state index in [9.17, 15) is 5.11 Å². The van der Waals surface area contributed by atoms with Crippen LogP contribution in [0.5, 0.6) is 11.6 Å². The summed E-state index contributed by atoms with van der Waals surface area (Å²) in [6, 6.07) is 15.3. The number of fused-ring (bicyclic) bond motifs is 2. The predicted molar refractivity (Wildman–Crippen MR) is 95.5 cm³/mol. The number of methoxy groups -OCH3 is 1. The molecule has 0 aliphatic heterocycles. The van der Waals surface area contributed by atoms with Gasteiger partial charge in [0.15, 0.2) is 5.88 Å². The Labute approximate surface area is 138 Å². The van der Waals surface area contributed by atoms with Crippen LogP contribution < -0.4 is 4.74 Å². The fourth-order valence-electron chi connectivity index (χ4n) is 2.76. The van der Waals surface area contributed by atoms with E-state index in [0.29, 0.717) is 5.56 Å². The van der Waals surface area contributed by atoms with E-state index in [-0.39, 0.29) is 5.88 Å². The van der Waals surface area contributed by atoms with Crippen molar-refractivity contribution >= 4 is 33.7 Å². The first kappa shape index (κ1) is 14.3. The lowest BCUT2D eigenvalue weighted by atomic mass is 10.1. The summed E-state index contributed by atoms with van der Waals surface area (Å²) in [4.78, 5) is 11.9. The number of rotatable bonds is 3. The number of pyridine rings is 1.